The van der Waals surface area contributed by atoms with Crippen molar-refractivity contribution in [3.8, 4) is 5.75 Å². The average molecular weight is 310 g/mol. The number of anilines is 1. The average Bonchev–Trinajstić information content (AvgIpc) is 2.56. The van der Waals surface area contributed by atoms with Gasteiger partial charge in [0, 0.05) is 22.4 Å². The molecule has 0 unspecified atom stereocenters. The zero-order valence-corrected chi connectivity index (χ0v) is 13.2. The minimum Gasteiger partial charge on any atom is -0.493 e. The van der Waals surface area contributed by atoms with Gasteiger partial charge in [0.15, 0.2) is 5.17 Å². The molecule has 112 valence electrons. The van der Waals surface area contributed by atoms with E-state index in [0.717, 1.165) is 23.2 Å². The summed E-state index contributed by atoms with van der Waals surface area (Å²) in [4.78, 5) is 4.98. The molecule has 1 N–H and O–H groups in total. The number of fused-ring (bicyclic) bond motifs is 3. The number of aliphatic imine (C=N–C) groups is 1. The van der Waals surface area contributed by atoms with E-state index in [4.69, 9.17) is 9.73 Å². The first-order valence-corrected chi connectivity index (χ1v) is 8.47. The smallest absolute Gasteiger partial charge is 0.161 e. The zero-order chi connectivity index (χ0) is 14.9. The van der Waals surface area contributed by atoms with Crippen LogP contribution in [0, 0.1) is 5.92 Å². The van der Waals surface area contributed by atoms with Crippen molar-refractivity contribution in [3.05, 3.63) is 60.2 Å². The molecule has 2 heterocycles. The fraction of sp³-hybridized carbons (Fsp3) is 0.278. The number of benzene rings is 2. The molecular formula is C18H18N2OS. The van der Waals surface area contributed by atoms with E-state index in [1.54, 1.807) is 11.8 Å². The number of hydrogen-bond donors (Lipinski definition) is 1. The summed E-state index contributed by atoms with van der Waals surface area (Å²) in [6, 6.07) is 18.7. The van der Waals surface area contributed by atoms with Gasteiger partial charge in [-0.25, -0.2) is 0 Å². The van der Waals surface area contributed by atoms with Crippen molar-refractivity contribution in [2.24, 2.45) is 10.9 Å². The summed E-state index contributed by atoms with van der Waals surface area (Å²) in [6.45, 7) is 3.01. The Morgan fingerprint density at radius 3 is 2.73 bits per heavy atom. The number of ether oxygens (including phenoxy) is 1. The molecule has 4 rings (SSSR count). The van der Waals surface area contributed by atoms with Gasteiger partial charge >= 0.3 is 0 Å². The van der Waals surface area contributed by atoms with Crippen molar-refractivity contribution in [1.29, 1.82) is 0 Å². The number of amidine groups is 1. The highest BCUT2D eigenvalue weighted by atomic mass is 32.2. The van der Waals surface area contributed by atoms with E-state index < -0.39 is 0 Å². The molecule has 0 aliphatic carbocycles. The van der Waals surface area contributed by atoms with Crippen molar-refractivity contribution in [2.75, 3.05) is 11.9 Å². The Morgan fingerprint density at radius 2 is 1.86 bits per heavy atom. The Hall–Kier alpha value is -1.94. The van der Waals surface area contributed by atoms with E-state index in [0.29, 0.717) is 11.2 Å². The van der Waals surface area contributed by atoms with Crippen LogP contribution in [0.25, 0.3) is 0 Å². The van der Waals surface area contributed by atoms with Gasteiger partial charge in [-0.2, -0.15) is 0 Å². The predicted molar refractivity (Wildman–Crippen MR) is 92.7 cm³/mol. The Morgan fingerprint density at radius 1 is 1.09 bits per heavy atom. The van der Waals surface area contributed by atoms with Crippen LogP contribution in [0.4, 0.5) is 5.69 Å². The molecule has 0 amide bonds. The lowest BCUT2D eigenvalue weighted by Gasteiger charge is -2.38. The number of nitrogens with one attached hydrogen (secondary N) is 1. The monoisotopic (exact) mass is 310 g/mol. The summed E-state index contributed by atoms with van der Waals surface area (Å²) in [7, 11) is 0. The van der Waals surface area contributed by atoms with Crippen LogP contribution < -0.4 is 10.1 Å². The first kappa shape index (κ1) is 13.7. The van der Waals surface area contributed by atoms with Gasteiger partial charge in [-0.15, -0.1) is 0 Å². The molecule has 0 fully saturated rings. The van der Waals surface area contributed by atoms with Gasteiger partial charge < -0.3 is 10.1 Å². The van der Waals surface area contributed by atoms with E-state index in [-0.39, 0.29) is 6.04 Å². The maximum Gasteiger partial charge on any atom is 0.161 e. The minimum atomic E-state index is 0.187. The maximum atomic E-state index is 5.91. The van der Waals surface area contributed by atoms with E-state index >= 15 is 0 Å². The largest absolute Gasteiger partial charge is 0.493 e. The van der Waals surface area contributed by atoms with E-state index in [1.807, 2.05) is 30.3 Å². The molecule has 3 nitrogen and oxygen atoms in total. The van der Waals surface area contributed by atoms with Crippen LogP contribution in [-0.4, -0.2) is 17.0 Å². The fourth-order valence-electron chi connectivity index (χ4n) is 3.05. The molecule has 2 aliphatic rings. The fourth-order valence-corrected chi connectivity index (χ4v) is 4.15. The topological polar surface area (TPSA) is 33.6 Å². The van der Waals surface area contributed by atoms with Gasteiger partial charge in [-0.3, -0.25) is 4.99 Å². The molecule has 2 aromatic carbocycles. The Kier molecular flexibility index (Phi) is 3.54. The number of thioether (sulfide) groups is 1. The van der Waals surface area contributed by atoms with E-state index in [9.17, 15) is 0 Å². The second-order valence-corrected chi connectivity index (χ2v) is 7.07. The molecule has 22 heavy (non-hydrogen) atoms. The van der Waals surface area contributed by atoms with Crippen molar-refractivity contribution in [1.82, 2.24) is 0 Å². The van der Waals surface area contributed by atoms with Crippen molar-refractivity contribution in [2.45, 2.75) is 18.2 Å². The molecule has 0 spiro atoms. The summed E-state index contributed by atoms with van der Waals surface area (Å²) >= 11 is 1.80. The standard InChI is InChI=1S/C18H18N2OS/c1-12-15-11-21-16-10-6-5-9-14(16)17(15)20-18(22-12)19-13-7-3-2-4-8-13/h2-10,12,15,17H,11H2,1H3,(H,19,20)/t12-,15-,17+/m1/s1. The third-order valence-electron chi connectivity index (χ3n) is 4.26. The van der Waals surface area contributed by atoms with Crippen molar-refractivity contribution >= 4 is 22.6 Å². The molecular weight excluding hydrogens is 292 g/mol. The first-order chi connectivity index (χ1) is 10.8. The van der Waals surface area contributed by atoms with E-state index in [2.05, 4.69) is 36.5 Å². The van der Waals surface area contributed by atoms with Crippen molar-refractivity contribution in [3.63, 3.8) is 0 Å². The zero-order valence-electron chi connectivity index (χ0n) is 12.4. The maximum absolute atomic E-state index is 5.91. The summed E-state index contributed by atoms with van der Waals surface area (Å²) in [6.07, 6.45) is 0. The Balaban J connectivity index is 1.67. The molecule has 3 atom stereocenters. The number of para-hydroxylation sites is 2. The third-order valence-corrected chi connectivity index (χ3v) is 5.41. The van der Waals surface area contributed by atoms with Crippen LogP contribution in [0.15, 0.2) is 59.6 Å². The van der Waals surface area contributed by atoms with Crippen LogP contribution in [0.2, 0.25) is 0 Å². The highest BCUT2D eigenvalue weighted by molar-refractivity contribution is 8.14. The highest BCUT2D eigenvalue weighted by Crippen LogP contribution is 2.45. The molecule has 4 heteroatoms. The molecule has 0 bridgehead atoms. The summed E-state index contributed by atoms with van der Waals surface area (Å²) in [5, 5.41) is 4.92. The summed E-state index contributed by atoms with van der Waals surface area (Å²) in [5.41, 5.74) is 2.29. The number of hydrogen-bond acceptors (Lipinski definition) is 4. The minimum absolute atomic E-state index is 0.187. The molecule has 0 saturated carbocycles. The van der Waals surface area contributed by atoms with Crippen LogP contribution in [0.1, 0.15) is 18.5 Å². The van der Waals surface area contributed by atoms with Gasteiger partial charge in [0.05, 0.1) is 12.6 Å². The van der Waals surface area contributed by atoms with Gasteiger partial charge in [0.2, 0.25) is 0 Å². The van der Waals surface area contributed by atoms with Crippen LogP contribution >= 0.6 is 11.8 Å². The lowest BCUT2D eigenvalue weighted by Crippen LogP contribution is -2.36. The summed E-state index contributed by atoms with van der Waals surface area (Å²) < 4.78 is 5.91. The van der Waals surface area contributed by atoms with Gasteiger partial charge in [0.25, 0.3) is 0 Å². The van der Waals surface area contributed by atoms with Crippen LogP contribution in [0.5, 0.6) is 5.75 Å². The molecule has 0 aromatic heterocycles. The number of rotatable bonds is 1. The number of nitrogens with zero attached hydrogens (tertiary/aromatic N) is 1. The normalized spacial score (nSPS) is 26.2. The SMILES string of the molecule is C[C@H]1SC(Nc2ccccc2)=N[C@H]2c3ccccc3OC[C@H]12. The summed E-state index contributed by atoms with van der Waals surface area (Å²) in [5.74, 6) is 1.41. The lowest BCUT2D eigenvalue weighted by atomic mass is 9.89. The molecule has 2 aliphatic heterocycles. The molecule has 2 aromatic rings. The lowest BCUT2D eigenvalue weighted by molar-refractivity contribution is 0.194. The first-order valence-electron chi connectivity index (χ1n) is 7.59. The second-order valence-electron chi connectivity index (χ2n) is 5.71. The molecule has 0 saturated heterocycles. The molecule has 0 radical (unpaired) electrons. The third kappa shape index (κ3) is 2.48. The predicted octanol–water partition coefficient (Wildman–Crippen LogP) is 4.34. The van der Waals surface area contributed by atoms with Gasteiger partial charge in [-0.05, 0) is 18.2 Å². The second kappa shape index (κ2) is 5.69. The van der Waals surface area contributed by atoms with Crippen LogP contribution in [-0.2, 0) is 0 Å². The Bertz CT molecular complexity index is 701. The van der Waals surface area contributed by atoms with Crippen LogP contribution in [0.3, 0.4) is 0 Å². The van der Waals surface area contributed by atoms with Gasteiger partial charge in [-0.1, -0.05) is 55.1 Å². The Labute approximate surface area is 134 Å². The van der Waals surface area contributed by atoms with E-state index in [1.165, 1.54) is 5.56 Å². The highest BCUT2D eigenvalue weighted by Gasteiger charge is 2.38. The van der Waals surface area contributed by atoms with Crippen molar-refractivity contribution < 1.29 is 4.74 Å². The van der Waals surface area contributed by atoms with Gasteiger partial charge in [0.1, 0.15) is 5.75 Å². The quantitative estimate of drug-likeness (QED) is 0.850.